The zero-order valence-electron chi connectivity index (χ0n) is 14.4. The van der Waals surface area contributed by atoms with Crippen molar-refractivity contribution in [2.45, 2.75) is 19.3 Å². The zero-order valence-corrected chi connectivity index (χ0v) is 14.4. The maximum Gasteiger partial charge on any atom is 0.119 e. The highest BCUT2D eigenvalue weighted by atomic mass is 16.5. The number of hydrogen-bond donors (Lipinski definition) is 0. The minimum atomic E-state index is -0.911. The number of carbonyl (C=O) groups excluding carboxylic acids is 1. The molecule has 3 rings (SSSR count). The molecule has 4 nitrogen and oxygen atoms in total. The Hall–Kier alpha value is -2.33. The molecule has 0 spiro atoms. The summed E-state index contributed by atoms with van der Waals surface area (Å²) in [5.41, 5.74) is 2.57. The fraction of sp³-hybridized carbons (Fsp3) is 0.381. The smallest absolute Gasteiger partial charge is 0.119 e. The second kappa shape index (κ2) is 8.67. The maximum absolute atomic E-state index is 10.8. The number of piperidine rings is 1. The van der Waals surface area contributed by atoms with E-state index in [-0.39, 0.29) is 5.92 Å². The lowest BCUT2D eigenvalue weighted by atomic mass is 9.97. The summed E-state index contributed by atoms with van der Waals surface area (Å²) >= 11 is 0. The molecule has 0 aromatic heterocycles. The second-order valence-corrected chi connectivity index (χ2v) is 6.59. The van der Waals surface area contributed by atoms with Crippen LogP contribution in [0.25, 0.3) is 0 Å². The van der Waals surface area contributed by atoms with Crippen molar-refractivity contribution in [2.75, 3.05) is 26.2 Å². The summed E-state index contributed by atoms with van der Waals surface area (Å²) in [7, 11) is 0. The monoisotopic (exact) mass is 338 g/mol. The van der Waals surface area contributed by atoms with Crippen molar-refractivity contribution < 1.29 is 14.6 Å². The van der Waals surface area contributed by atoms with E-state index in [0.29, 0.717) is 19.4 Å². The van der Waals surface area contributed by atoms with Crippen molar-refractivity contribution in [1.82, 2.24) is 4.90 Å². The summed E-state index contributed by atoms with van der Waals surface area (Å²) in [4.78, 5) is 13.1. The van der Waals surface area contributed by atoms with Gasteiger partial charge in [0.15, 0.2) is 0 Å². The van der Waals surface area contributed by atoms with Crippen LogP contribution >= 0.6 is 0 Å². The summed E-state index contributed by atoms with van der Waals surface area (Å²) < 4.78 is 5.82. The average Bonchev–Trinajstić information content (AvgIpc) is 2.64. The Morgan fingerprint density at radius 3 is 2.28 bits per heavy atom. The van der Waals surface area contributed by atoms with Gasteiger partial charge >= 0.3 is 0 Å². The van der Waals surface area contributed by atoms with E-state index in [9.17, 15) is 9.90 Å². The van der Waals surface area contributed by atoms with Gasteiger partial charge in [-0.3, -0.25) is 4.90 Å². The van der Waals surface area contributed by atoms with Gasteiger partial charge in [-0.15, -0.1) is 0 Å². The van der Waals surface area contributed by atoms with E-state index in [2.05, 4.69) is 41.3 Å². The van der Waals surface area contributed by atoms with Crippen molar-refractivity contribution in [1.29, 1.82) is 0 Å². The van der Waals surface area contributed by atoms with Crippen LogP contribution in [0.2, 0.25) is 0 Å². The topological polar surface area (TPSA) is 52.6 Å². The Morgan fingerprint density at radius 2 is 1.64 bits per heavy atom. The predicted octanol–water partition coefficient (Wildman–Crippen LogP) is 2.12. The van der Waals surface area contributed by atoms with Gasteiger partial charge in [-0.2, -0.15) is 0 Å². The molecule has 132 valence electrons. The number of ether oxygens (including phenoxy) is 1. The van der Waals surface area contributed by atoms with E-state index in [1.807, 2.05) is 18.2 Å². The first kappa shape index (κ1) is 17.5. The van der Waals surface area contributed by atoms with E-state index in [1.54, 1.807) is 0 Å². The predicted molar refractivity (Wildman–Crippen MR) is 95.4 cm³/mol. The number of benzene rings is 2. The van der Waals surface area contributed by atoms with Gasteiger partial charge in [0.2, 0.25) is 0 Å². The van der Waals surface area contributed by atoms with Crippen molar-refractivity contribution in [3.8, 4) is 5.75 Å². The van der Waals surface area contributed by atoms with Crippen molar-refractivity contribution in [3.05, 3.63) is 65.7 Å². The number of rotatable bonds is 7. The van der Waals surface area contributed by atoms with Crippen molar-refractivity contribution in [2.24, 2.45) is 5.92 Å². The van der Waals surface area contributed by atoms with Gasteiger partial charge in [0.05, 0.1) is 0 Å². The molecule has 0 N–H and O–H groups in total. The standard InChI is InChI=1S/C21H25NO3/c23-21(24)19-10-12-22(13-11-19)14-15-25-20-8-6-18(7-9-20)16-17-4-2-1-3-5-17/h1-9,19H,10-16H2,(H,23,24)/p-1. The van der Waals surface area contributed by atoms with Crippen LogP contribution in [0.15, 0.2) is 54.6 Å². The Labute approximate surface area is 149 Å². The molecule has 2 aromatic carbocycles. The number of likely N-dealkylation sites (tertiary alicyclic amines) is 1. The molecule has 1 fully saturated rings. The molecular formula is C21H24NO3-. The van der Waals surface area contributed by atoms with Crippen molar-refractivity contribution in [3.63, 3.8) is 0 Å². The van der Waals surface area contributed by atoms with Crippen molar-refractivity contribution >= 4 is 5.97 Å². The summed E-state index contributed by atoms with van der Waals surface area (Å²) in [6.07, 6.45) is 2.28. The third-order valence-corrected chi connectivity index (χ3v) is 4.77. The van der Waals surface area contributed by atoms with Crippen LogP contribution in [-0.2, 0) is 11.2 Å². The van der Waals surface area contributed by atoms with E-state index in [4.69, 9.17) is 4.74 Å². The summed E-state index contributed by atoms with van der Waals surface area (Å²) in [6, 6.07) is 18.7. The van der Waals surface area contributed by atoms with Gasteiger partial charge in [0.25, 0.3) is 0 Å². The SMILES string of the molecule is O=C([O-])C1CCN(CCOc2ccc(Cc3ccccc3)cc2)CC1. The third kappa shape index (κ3) is 5.33. The molecule has 1 saturated heterocycles. The Balaban J connectivity index is 1.40. The minimum absolute atomic E-state index is 0.283. The van der Waals surface area contributed by atoms with Crippen LogP contribution in [0, 0.1) is 5.92 Å². The first-order valence-corrected chi connectivity index (χ1v) is 8.89. The molecule has 0 atom stereocenters. The first-order chi connectivity index (χ1) is 12.2. The molecule has 4 heteroatoms. The molecule has 0 aliphatic carbocycles. The van der Waals surface area contributed by atoms with Crippen LogP contribution in [0.3, 0.4) is 0 Å². The normalized spacial score (nSPS) is 15.8. The lowest BCUT2D eigenvalue weighted by molar-refractivity contribution is -0.312. The zero-order chi connectivity index (χ0) is 17.5. The molecular weight excluding hydrogens is 314 g/mol. The van der Waals surface area contributed by atoms with Gasteiger partial charge in [0, 0.05) is 18.4 Å². The molecule has 0 unspecified atom stereocenters. The van der Waals surface area contributed by atoms with E-state index >= 15 is 0 Å². The second-order valence-electron chi connectivity index (χ2n) is 6.59. The number of nitrogens with zero attached hydrogens (tertiary/aromatic N) is 1. The molecule has 25 heavy (non-hydrogen) atoms. The third-order valence-electron chi connectivity index (χ3n) is 4.77. The van der Waals surface area contributed by atoms with Gasteiger partial charge in [-0.1, -0.05) is 42.5 Å². The fourth-order valence-electron chi connectivity index (χ4n) is 3.22. The average molecular weight is 338 g/mol. The van der Waals surface area contributed by atoms with Crippen LogP contribution in [0.1, 0.15) is 24.0 Å². The largest absolute Gasteiger partial charge is 0.550 e. The number of aliphatic carboxylic acids is 1. The van der Waals surface area contributed by atoms with E-state index in [1.165, 1.54) is 11.1 Å². The molecule has 0 amide bonds. The highest BCUT2D eigenvalue weighted by molar-refractivity contribution is 5.67. The number of carboxylic acid groups (broad SMARTS) is 1. The summed E-state index contributed by atoms with van der Waals surface area (Å²) in [5.74, 6) is -0.317. The fourth-order valence-corrected chi connectivity index (χ4v) is 3.22. The molecule has 2 aromatic rings. The Bertz CT molecular complexity index is 661. The minimum Gasteiger partial charge on any atom is -0.550 e. The molecule has 0 saturated carbocycles. The lowest BCUT2D eigenvalue weighted by Crippen LogP contribution is -2.42. The van der Waals surface area contributed by atoms with Crippen LogP contribution in [-0.4, -0.2) is 37.1 Å². The van der Waals surface area contributed by atoms with Gasteiger partial charge in [0.1, 0.15) is 12.4 Å². The van der Waals surface area contributed by atoms with E-state index < -0.39 is 5.97 Å². The number of carbonyl (C=O) groups is 1. The first-order valence-electron chi connectivity index (χ1n) is 8.89. The Morgan fingerprint density at radius 1 is 1.00 bits per heavy atom. The summed E-state index contributed by atoms with van der Waals surface area (Å²) in [6.45, 7) is 3.05. The molecule has 1 aliphatic heterocycles. The number of carboxylic acids is 1. The van der Waals surface area contributed by atoms with Gasteiger partial charge in [-0.25, -0.2) is 0 Å². The van der Waals surface area contributed by atoms with Crippen LogP contribution in [0.5, 0.6) is 5.75 Å². The lowest BCUT2D eigenvalue weighted by Gasteiger charge is -2.32. The maximum atomic E-state index is 10.8. The van der Waals surface area contributed by atoms with Gasteiger partial charge < -0.3 is 14.6 Å². The molecule has 0 bridgehead atoms. The Kier molecular flexibility index (Phi) is 6.07. The molecule has 0 radical (unpaired) electrons. The quantitative estimate of drug-likeness (QED) is 0.776. The molecule has 1 heterocycles. The van der Waals surface area contributed by atoms with Crippen LogP contribution in [0.4, 0.5) is 0 Å². The highest BCUT2D eigenvalue weighted by Gasteiger charge is 2.19. The highest BCUT2D eigenvalue weighted by Crippen LogP contribution is 2.17. The molecule has 1 aliphatic rings. The number of hydrogen-bond acceptors (Lipinski definition) is 4. The van der Waals surface area contributed by atoms with E-state index in [0.717, 1.165) is 31.8 Å². The van der Waals surface area contributed by atoms with Gasteiger partial charge in [-0.05, 0) is 55.6 Å². The summed E-state index contributed by atoms with van der Waals surface area (Å²) in [5, 5.41) is 10.8. The van der Waals surface area contributed by atoms with Crippen LogP contribution < -0.4 is 9.84 Å².